The van der Waals surface area contributed by atoms with Crippen molar-refractivity contribution in [2.45, 2.75) is 32.2 Å². The first kappa shape index (κ1) is 9.01. The highest BCUT2D eigenvalue weighted by Gasteiger charge is 2.37. The summed E-state index contributed by atoms with van der Waals surface area (Å²) in [6.07, 6.45) is 4.06. The smallest absolute Gasteiger partial charge is 0.144 e. The summed E-state index contributed by atoms with van der Waals surface area (Å²) in [5.41, 5.74) is 1.82. The van der Waals surface area contributed by atoms with Gasteiger partial charge in [0.15, 0.2) is 0 Å². The van der Waals surface area contributed by atoms with Gasteiger partial charge in [0.25, 0.3) is 0 Å². The van der Waals surface area contributed by atoms with E-state index in [2.05, 4.69) is 23.3 Å². The van der Waals surface area contributed by atoms with Crippen molar-refractivity contribution in [2.75, 3.05) is 5.32 Å². The van der Waals surface area contributed by atoms with Crippen LogP contribution in [0.4, 0.5) is 5.82 Å². The van der Waals surface area contributed by atoms with E-state index in [-0.39, 0.29) is 5.54 Å². The fraction of sp³-hybridized carbons (Fsp3) is 0.455. The van der Waals surface area contributed by atoms with Crippen molar-refractivity contribution in [3.05, 3.63) is 23.4 Å². The van der Waals surface area contributed by atoms with Crippen molar-refractivity contribution in [3.8, 4) is 6.07 Å². The van der Waals surface area contributed by atoms with Gasteiger partial charge in [0.2, 0.25) is 0 Å². The van der Waals surface area contributed by atoms with Crippen molar-refractivity contribution in [2.24, 2.45) is 0 Å². The molecule has 0 spiro atoms. The molecule has 3 nitrogen and oxygen atoms in total. The molecule has 0 aliphatic heterocycles. The summed E-state index contributed by atoms with van der Waals surface area (Å²) in [6.45, 7) is 4.08. The molecule has 1 aromatic heterocycles. The molecule has 72 valence electrons. The molecule has 1 N–H and O–H groups in total. The largest absolute Gasteiger partial charge is 0.364 e. The summed E-state index contributed by atoms with van der Waals surface area (Å²) in [7, 11) is 0. The lowest BCUT2D eigenvalue weighted by molar-refractivity contribution is 0.819. The van der Waals surface area contributed by atoms with Gasteiger partial charge in [0, 0.05) is 11.7 Å². The van der Waals surface area contributed by atoms with Crippen LogP contribution in [0.2, 0.25) is 0 Å². The third kappa shape index (κ3) is 1.56. The number of rotatable bonds is 2. The molecule has 2 rings (SSSR count). The minimum absolute atomic E-state index is 0.173. The lowest BCUT2D eigenvalue weighted by atomic mass is 10.1. The second-order valence-electron chi connectivity index (χ2n) is 4.15. The van der Waals surface area contributed by atoms with Gasteiger partial charge in [0.05, 0.1) is 5.56 Å². The number of hydrogen-bond donors (Lipinski definition) is 1. The molecule has 1 heterocycles. The number of aromatic nitrogens is 1. The van der Waals surface area contributed by atoms with Gasteiger partial charge in [-0.2, -0.15) is 5.26 Å². The van der Waals surface area contributed by atoms with Crippen LogP contribution >= 0.6 is 0 Å². The predicted octanol–water partition coefficient (Wildman–Crippen LogP) is 2.23. The number of nitrogens with one attached hydrogen (secondary N) is 1. The fourth-order valence-corrected chi connectivity index (χ4v) is 1.39. The molecule has 1 fully saturated rings. The first-order chi connectivity index (χ1) is 6.64. The summed E-state index contributed by atoms with van der Waals surface area (Å²) < 4.78 is 0. The van der Waals surface area contributed by atoms with Gasteiger partial charge in [-0.3, -0.25) is 0 Å². The van der Waals surface area contributed by atoms with Crippen molar-refractivity contribution in [1.82, 2.24) is 4.98 Å². The lowest BCUT2D eigenvalue weighted by Gasteiger charge is -2.13. The van der Waals surface area contributed by atoms with Crippen LogP contribution in [0.1, 0.15) is 30.9 Å². The van der Waals surface area contributed by atoms with Crippen LogP contribution in [-0.4, -0.2) is 10.5 Å². The summed E-state index contributed by atoms with van der Waals surface area (Å²) in [4.78, 5) is 4.20. The summed E-state index contributed by atoms with van der Waals surface area (Å²) >= 11 is 0. The van der Waals surface area contributed by atoms with Gasteiger partial charge in [0.1, 0.15) is 11.9 Å². The highest BCUT2D eigenvalue weighted by atomic mass is 15.1. The predicted molar refractivity (Wildman–Crippen MR) is 55.0 cm³/mol. The monoisotopic (exact) mass is 187 g/mol. The Kier molecular flexibility index (Phi) is 1.92. The van der Waals surface area contributed by atoms with E-state index in [9.17, 15) is 0 Å². The van der Waals surface area contributed by atoms with E-state index in [0.717, 1.165) is 24.2 Å². The van der Waals surface area contributed by atoms with Crippen LogP contribution in [0, 0.1) is 18.3 Å². The molecule has 0 amide bonds. The van der Waals surface area contributed by atoms with Crippen molar-refractivity contribution in [1.29, 1.82) is 5.26 Å². The zero-order valence-electron chi connectivity index (χ0n) is 8.46. The van der Waals surface area contributed by atoms with Gasteiger partial charge in [-0.1, -0.05) is 0 Å². The Balaban J connectivity index is 2.33. The van der Waals surface area contributed by atoms with Gasteiger partial charge in [-0.25, -0.2) is 4.98 Å². The fourth-order valence-electron chi connectivity index (χ4n) is 1.39. The number of nitrogens with zero attached hydrogens (tertiary/aromatic N) is 2. The number of hydrogen-bond acceptors (Lipinski definition) is 3. The Bertz CT molecular complexity index is 399. The number of anilines is 1. The van der Waals surface area contributed by atoms with E-state index in [0.29, 0.717) is 5.56 Å². The molecule has 1 aliphatic carbocycles. The molecule has 0 atom stereocenters. The molecule has 1 aliphatic rings. The third-order valence-electron chi connectivity index (χ3n) is 2.69. The molecule has 1 saturated carbocycles. The molecule has 0 aromatic carbocycles. The molecule has 1 aromatic rings. The van der Waals surface area contributed by atoms with Crippen LogP contribution < -0.4 is 5.32 Å². The Morgan fingerprint density at radius 3 is 2.86 bits per heavy atom. The standard InChI is InChI=1S/C11H13N3/c1-8-3-6-13-10(9(8)7-12)14-11(2)4-5-11/h3,6H,4-5H2,1-2H3,(H,13,14). The maximum absolute atomic E-state index is 8.99. The second kappa shape index (κ2) is 2.98. The number of nitriles is 1. The molecule has 0 unspecified atom stereocenters. The molecular weight excluding hydrogens is 174 g/mol. The average Bonchev–Trinajstić information content (AvgIpc) is 2.84. The first-order valence-corrected chi connectivity index (χ1v) is 4.78. The van der Waals surface area contributed by atoms with Crippen LogP contribution in [-0.2, 0) is 0 Å². The SMILES string of the molecule is Cc1ccnc(NC2(C)CC2)c1C#N. The van der Waals surface area contributed by atoms with Crippen molar-refractivity contribution in [3.63, 3.8) is 0 Å². The minimum atomic E-state index is 0.173. The van der Waals surface area contributed by atoms with E-state index in [1.807, 2.05) is 13.0 Å². The van der Waals surface area contributed by atoms with Crippen LogP contribution in [0.5, 0.6) is 0 Å². The van der Waals surface area contributed by atoms with E-state index in [1.165, 1.54) is 0 Å². The topological polar surface area (TPSA) is 48.7 Å². The average molecular weight is 187 g/mol. The third-order valence-corrected chi connectivity index (χ3v) is 2.69. The number of pyridine rings is 1. The zero-order valence-corrected chi connectivity index (χ0v) is 8.46. The maximum Gasteiger partial charge on any atom is 0.144 e. The maximum atomic E-state index is 8.99. The van der Waals surface area contributed by atoms with Gasteiger partial charge in [-0.15, -0.1) is 0 Å². The molecule has 14 heavy (non-hydrogen) atoms. The molecule has 0 bridgehead atoms. The number of aryl methyl sites for hydroxylation is 1. The first-order valence-electron chi connectivity index (χ1n) is 4.78. The van der Waals surface area contributed by atoms with Crippen molar-refractivity contribution < 1.29 is 0 Å². The minimum Gasteiger partial charge on any atom is -0.364 e. The van der Waals surface area contributed by atoms with E-state index < -0.39 is 0 Å². The van der Waals surface area contributed by atoms with E-state index in [1.54, 1.807) is 6.20 Å². The van der Waals surface area contributed by atoms with Gasteiger partial charge < -0.3 is 5.32 Å². The molecule has 0 saturated heterocycles. The summed E-state index contributed by atoms with van der Waals surface area (Å²) in [5.74, 6) is 0.729. The highest BCUT2D eigenvalue weighted by molar-refractivity contribution is 5.57. The van der Waals surface area contributed by atoms with Crippen LogP contribution in [0.25, 0.3) is 0 Å². The molecular formula is C11H13N3. The molecule has 3 heteroatoms. The normalized spacial score (nSPS) is 17.2. The molecule has 0 radical (unpaired) electrons. The van der Waals surface area contributed by atoms with Gasteiger partial charge >= 0.3 is 0 Å². The Morgan fingerprint density at radius 2 is 2.29 bits per heavy atom. The van der Waals surface area contributed by atoms with Gasteiger partial charge in [-0.05, 0) is 38.3 Å². The summed E-state index contributed by atoms with van der Waals surface area (Å²) in [5, 5.41) is 12.3. The Hall–Kier alpha value is -1.56. The zero-order chi connectivity index (χ0) is 10.2. The summed E-state index contributed by atoms with van der Waals surface area (Å²) in [6, 6.07) is 4.05. The Labute approximate surface area is 83.8 Å². The lowest BCUT2D eigenvalue weighted by Crippen LogP contribution is -2.18. The quantitative estimate of drug-likeness (QED) is 0.772. The Morgan fingerprint density at radius 1 is 1.57 bits per heavy atom. The van der Waals surface area contributed by atoms with E-state index >= 15 is 0 Å². The van der Waals surface area contributed by atoms with Crippen LogP contribution in [0.3, 0.4) is 0 Å². The van der Waals surface area contributed by atoms with E-state index in [4.69, 9.17) is 5.26 Å². The second-order valence-corrected chi connectivity index (χ2v) is 4.15. The van der Waals surface area contributed by atoms with Crippen molar-refractivity contribution >= 4 is 5.82 Å². The highest BCUT2D eigenvalue weighted by Crippen LogP contribution is 2.38. The van der Waals surface area contributed by atoms with Crippen LogP contribution in [0.15, 0.2) is 12.3 Å².